The fourth-order valence-electron chi connectivity index (χ4n) is 5.02. The average Bonchev–Trinajstić information content (AvgIpc) is 3.30. The van der Waals surface area contributed by atoms with Crippen LogP contribution in [-0.4, -0.2) is 69.5 Å². The van der Waals surface area contributed by atoms with Crippen LogP contribution in [0.5, 0.6) is 11.5 Å². The number of likely N-dealkylation sites (tertiary alicyclic amines) is 1. The Morgan fingerprint density at radius 3 is 2.58 bits per heavy atom. The molecule has 0 amide bonds. The number of hydrogen-bond donors (Lipinski definition) is 1. The minimum Gasteiger partial charge on any atom is -0.457 e. The molecule has 8 heteroatoms. The number of anilines is 1. The van der Waals surface area contributed by atoms with Crippen LogP contribution in [0.1, 0.15) is 19.3 Å². The van der Waals surface area contributed by atoms with Gasteiger partial charge in [-0.3, -0.25) is 0 Å². The highest BCUT2D eigenvalue weighted by molar-refractivity contribution is 5.44. The molecule has 2 fully saturated rings. The zero-order valence-electron chi connectivity index (χ0n) is 17.8. The van der Waals surface area contributed by atoms with Gasteiger partial charge in [-0.25, -0.2) is 0 Å². The molecular weight excluding hydrogens is 392 g/mol. The first-order chi connectivity index (χ1) is 15.2. The SMILES string of the molecule is CN1CCC[C@]2(CO)CCN(c3nnnn3-c3ccc(Oc4ccccc4)cc3)C[C@@H]12. The smallest absolute Gasteiger partial charge is 0.250 e. The van der Waals surface area contributed by atoms with Crippen LogP contribution in [-0.2, 0) is 0 Å². The Morgan fingerprint density at radius 2 is 1.81 bits per heavy atom. The Hall–Kier alpha value is -2.97. The Labute approximate surface area is 182 Å². The van der Waals surface area contributed by atoms with Crippen molar-refractivity contribution in [1.29, 1.82) is 0 Å². The summed E-state index contributed by atoms with van der Waals surface area (Å²) in [6, 6.07) is 17.8. The third-order valence-electron chi connectivity index (χ3n) is 6.81. The summed E-state index contributed by atoms with van der Waals surface area (Å²) in [6.07, 6.45) is 3.16. The molecule has 3 aromatic rings. The van der Waals surface area contributed by atoms with Gasteiger partial charge in [-0.1, -0.05) is 23.3 Å². The third kappa shape index (κ3) is 3.77. The molecule has 0 aliphatic carbocycles. The first kappa shape index (κ1) is 20.0. The molecule has 0 spiro atoms. The summed E-state index contributed by atoms with van der Waals surface area (Å²) in [7, 11) is 2.16. The zero-order valence-corrected chi connectivity index (χ0v) is 17.8. The molecule has 5 rings (SSSR count). The molecule has 2 aliphatic rings. The zero-order chi connectivity index (χ0) is 21.3. The molecule has 0 radical (unpaired) electrons. The number of hydrogen-bond acceptors (Lipinski definition) is 7. The van der Waals surface area contributed by atoms with E-state index < -0.39 is 0 Å². The maximum atomic E-state index is 10.2. The summed E-state index contributed by atoms with van der Waals surface area (Å²) in [6.45, 7) is 2.95. The van der Waals surface area contributed by atoms with Crippen molar-refractivity contribution in [3.63, 3.8) is 0 Å². The van der Waals surface area contributed by atoms with Crippen molar-refractivity contribution in [1.82, 2.24) is 25.1 Å². The molecule has 1 aromatic heterocycles. The van der Waals surface area contributed by atoms with Crippen molar-refractivity contribution in [3.05, 3.63) is 54.6 Å². The lowest BCUT2D eigenvalue weighted by atomic mass is 9.69. The number of tetrazole rings is 1. The van der Waals surface area contributed by atoms with Crippen LogP contribution in [0.15, 0.2) is 54.6 Å². The van der Waals surface area contributed by atoms with E-state index >= 15 is 0 Å². The molecule has 1 N–H and O–H groups in total. The van der Waals surface area contributed by atoms with Gasteiger partial charge < -0.3 is 19.6 Å². The normalized spacial score (nSPS) is 24.1. The quantitative estimate of drug-likeness (QED) is 0.680. The molecule has 3 heterocycles. The second-order valence-corrected chi connectivity index (χ2v) is 8.62. The maximum Gasteiger partial charge on any atom is 0.250 e. The van der Waals surface area contributed by atoms with Crippen LogP contribution in [0.25, 0.3) is 5.69 Å². The number of aromatic nitrogens is 4. The Bertz CT molecular complexity index is 1010. The van der Waals surface area contributed by atoms with Gasteiger partial charge >= 0.3 is 0 Å². The highest BCUT2D eigenvalue weighted by Gasteiger charge is 2.47. The highest BCUT2D eigenvalue weighted by atomic mass is 16.5. The number of para-hydroxylation sites is 1. The van der Waals surface area contributed by atoms with Crippen LogP contribution < -0.4 is 9.64 Å². The van der Waals surface area contributed by atoms with Crippen LogP contribution in [0, 0.1) is 5.41 Å². The van der Waals surface area contributed by atoms with Gasteiger partial charge in [0, 0.05) is 24.5 Å². The van der Waals surface area contributed by atoms with Crippen LogP contribution >= 0.6 is 0 Å². The number of likely N-dealkylation sites (N-methyl/N-ethyl adjacent to an activating group) is 1. The topological polar surface area (TPSA) is 79.5 Å². The fraction of sp³-hybridized carbons (Fsp3) is 0.435. The van der Waals surface area contributed by atoms with E-state index in [2.05, 4.69) is 32.4 Å². The summed E-state index contributed by atoms with van der Waals surface area (Å²) < 4.78 is 7.67. The van der Waals surface area contributed by atoms with Crippen molar-refractivity contribution in [2.45, 2.75) is 25.3 Å². The lowest BCUT2D eigenvalue weighted by Crippen LogP contribution is -2.62. The minimum absolute atomic E-state index is 0.0157. The van der Waals surface area contributed by atoms with Gasteiger partial charge in [-0.05, 0) is 79.7 Å². The Balaban J connectivity index is 1.35. The molecule has 0 bridgehead atoms. The predicted molar refractivity (Wildman–Crippen MR) is 118 cm³/mol. The molecule has 2 saturated heterocycles. The van der Waals surface area contributed by atoms with E-state index in [1.165, 1.54) is 0 Å². The summed E-state index contributed by atoms with van der Waals surface area (Å²) in [5.74, 6) is 2.30. The maximum absolute atomic E-state index is 10.2. The van der Waals surface area contributed by atoms with E-state index in [0.717, 1.165) is 62.0 Å². The number of rotatable bonds is 5. The lowest BCUT2D eigenvalue weighted by molar-refractivity contribution is -0.0279. The molecular formula is C23H28N6O2. The first-order valence-electron chi connectivity index (χ1n) is 10.9. The Kier molecular flexibility index (Phi) is 5.33. The lowest BCUT2D eigenvalue weighted by Gasteiger charge is -2.53. The van der Waals surface area contributed by atoms with Crippen molar-refractivity contribution in [2.75, 3.05) is 38.2 Å². The second kappa shape index (κ2) is 8.28. The van der Waals surface area contributed by atoms with Gasteiger partial charge in [0.25, 0.3) is 0 Å². The number of nitrogens with zero attached hydrogens (tertiary/aromatic N) is 6. The van der Waals surface area contributed by atoms with Crippen molar-refractivity contribution >= 4 is 5.95 Å². The second-order valence-electron chi connectivity index (χ2n) is 8.62. The summed E-state index contributed by atoms with van der Waals surface area (Å²) in [4.78, 5) is 4.63. The number of piperidine rings is 2. The van der Waals surface area contributed by atoms with E-state index in [0.29, 0.717) is 6.04 Å². The molecule has 2 atom stereocenters. The molecule has 8 nitrogen and oxygen atoms in total. The van der Waals surface area contributed by atoms with E-state index in [9.17, 15) is 5.11 Å². The van der Waals surface area contributed by atoms with Gasteiger partial charge in [0.2, 0.25) is 5.95 Å². The molecule has 2 aliphatic heterocycles. The third-order valence-corrected chi connectivity index (χ3v) is 6.81. The summed E-state index contributed by atoms with van der Waals surface area (Å²) >= 11 is 0. The average molecular weight is 421 g/mol. The van der Waals surface area contributed by atoms with E-state index in [4.69, 9.17) is 4.74 Å². The van der Waals surface area contributed by atoms with Gasteiger partial charge in [0.15, 0.2) is 0 Å². The predicted octanol–water partition coefficient (Wildman–Crippen LogP) is 2.74. The van der Waals surface area contributed by atoms with E-state index in [-0.39, 0.29) is 12.0 Å². The van der Waals surface area contributed by atoms with Gasteiger partial charge in [0.1, 0.15) is 11.5 Å². The Morgan fingerprint density at radius 1 is 1.03 bits per heavy atom. The number of fused-ring (bicyclic) bond motifs is 1. The van der Waals surface area contributed by atoms with Crippen LogP contribution in [0.2, 0.25) is 0 Å². The van der Waals surface area contributed by atoms with Crippen LogP contribution in [0.3, 0.4) is 0 Å². The van der Waals surface area contributed by atoms with E-state index in [1.54, 1.807) is 4.68 Å². The summed E-state index contributed by atoms with van der Waals surface area (Å²) in [5, 5.41) is 22.7. The van der Waals surface area contributed by atoms with Crippen LogP contribution in [0.4, 0.5) is 5.95 Å². The summed E-state index contributed by atoms with van der Waals surface area (Å²) in [5.41, 5.74) is 0.870. The number of aliphatic hydroxyl groups excluding tert-OH is 1. The molecule has 31 heavy (non-hydrogen) atoms. The van der Waals surface area contributed by atoms with Crippen molar-refractivity contribution < 1.29 is 9.84 Å². The van der Waals surface area contributed by atoms with Gasteiger partial charge in [-0.15, -0.1) is 0 Å². The first-order valence-corrected chi connectivity index (χ1v) is 10.9. The largest absolute Gasteiger partial charge is 0.457 e. The monoisotopic (exact) mass is 420 g/mol. The minimum atomic E-state index is -0.0157. The van der Waals surface area contributed by atoms with Gasteiger partial charge in [-0.2, -0.15) is 4.68 Å². The van der Waals surface area contributed by atoms with Crippen molar-refractivity contribution in [2.24, 2.45) is 5.41 Å². The molecule has 0 unspecified atom stereocenters. The molecule has 2 aromatic carbocycles. The van der Waals surface area contributed by atoms with E-state index in [1.807, 2.05) is 54.6 Å². The standard InChI is InChI=1S/C23H28N6O2/c1-27-14-5-12-23(17-30)13-15-28(16-21(23)27)22-24-25-26-29(22)18-8-10-20(11-9-18)31-19-6-3-2-4-7-19/h2-4,6-11,21,30H,5,12-17H2,1H3/t21-,23-/m1/s1. The number of ether oxygens (including phenoxy) is 1. The molecule has 0 saturated carbocycles. The van der Waals surface area contributed by atoms with Crippen molar-refractivity contribution in [3.8, 4) is 17.2 Å². The van der Waals surface area contributed by atoms with Gasteiger partial charge in [0.05, 0.1) is 12.3 Å². The number of aliphatic hydroxyl groups is 1. The number of benzene rings is 2. The highest BCUT2D eigenvalue weighted by Crippen LogP contribution is 2.42. The fourth-order valence-corrected chi connectivity index (χ4v) is 5.02. The molecule has 162 valence electrons.